The summed E-state index contributed by atoms with van der Waals surface area (Å²) in [5.41, 5.74) is 0.665. The first-order valence-corrected chi connectivity index (χ1v) is 9.13. The van der Waals surface area contributed by atoms with Crippen LogP contribution in [0.1, 0.15) is 36.0 Å². The van der Waals surface area contributed by atoms with Crippen molar-refractivity contribution in [1.82, 2.24) is 14.8 Å². The van der Waals surface area contributed by atoms with Gasteiger partial charge in [-0.2, -0.15) is 0 Å². The Hall–Kier alpha value is -0.980. The topological polar surface area (TPSA) is 45.7 Å². The molecule has 0 atom stereocenters. The minimum Gasteiger partial charge on any atom is -0.381 e. The monoisotopic (exact) mass is 381 g/mol. The Morgan fingerprint density at radius 3 is 2.48 bits per heavy atom. The van der Waals surface area contributed by atoms with Gasteiger partial charge in [0, 0.05) is 56.2 Å². The molecule has 0 spiro atoms. The number of carbonyl (C=O) groups is 1. The van der Waals surface area contributed by atoms with E-state index < -0.39 is 0 Å². The molecule has 126 valence electrons. The van der Waals surface area contributed by atoms with E-state index in [1.54, 1.807) is 19.5 Å². The highest BCUT2D eigenvalue weighted by atomic mass is 79.9. The highest BCUT2D eigenvalue weighted by Gasteiger charge is 2.29. The number of carbonyl (C=O) groups excluding carboxylic acids is 1. The second kappa shape index (κ2) is 7.73. The average molecular weight is 382 g/mol. The largest absolute Gasteiger partial charge is 0.381 e. The Kier molecular flexibility index (Phi) is 5.67. The summed E-state index contributed by atoms with van der Waals surface area (Å²) >= 11 is 3.38. The van der Waals surface area contributed by atoms with Crippen LogP contribution in [-0.4, -0.2) is 66.1 Å². The minimum atomic E-state index is 0.0929. The number of methoxy groups -OCH3 is 1. The molecule has 0 unspecified atom stereocenters. The van der Waals surface area contributed by atoms with E-state index in [2.05, 4.69) is 25.8 Å². The number of aromatic nitrogens is 1. The maximum Gasteiger partial charge on any atom is 0.255 e. The number of rotatable bonds is 3. The van der Waals surface area contributed by atoms with Crippen molar-refractivity contribution in [2.24, 2.45) is 0 Å². The van der Waals surface area contributed by atoms with Gasteiger partial charge in [0.25, 0.3) is 5.91 Å². The van der Waals surface area contributed by atoms with Crippen LogP contribution in [0.2, 0.25) is 0 Å². The number of likely N-dealkylation sites (tertiary alicyclic amines) is 2. The Morgan fingerprint density at radius 2 is 1.87 bits per heavy atom. The third-order valence-electron chi connectivity index (χ3n) is 5.03. The van der Waals surface area contributed by atoms with Crippen molar-refractivity contribution in [1.29, 1.82) is 0 Å². The Morgan fingerprint density at radius 1 is 1.17 bits per heavy atom. The molecule has 0 radical (unpaired) electrons. The molecule has 2 aliphatic heterocycles. The van der Waals surface area contributed by atoms with Gasteiger partial charge in [-0.25, -0.2) is 0 Å². The van der Waals surface area contributed by atoms with Gasteiger partial charge in [-0.15, -0.1) is 0 Å². The van der Waals surface area contributed by atoms with Crippen molar-refractivity contribution < 1.29 is 9.53 Å². The molecule has 0 saturated carbocycles. The highest BCUT2D eigenvalue weighted by molar-refractivity contribution is 9.10. The fraction of sp³-hybridized carbons (Fsp3) is 0.647. The maximum atomic E-state index is 12.6. The van der Waals surface area contributed by atoms with E-state index in [1.165, 1.54) is 0 Å². The van der Waals surface area contributed by atoms with Crippen molar-refractivity contribution in [3.63, 3.8) is 0 Å². The van der Waals surface area contributed by atoms with E-state index in [-0.39, 0.29) is 5.91 Å². The Bertz CT molecular complexity index is 538. The van der Waals surface area contributed by atoms with Gasteiger partial charge >= 0.3 is 0 Å². The first-order valence-electron chi connectivity index (χ1n) is 8.34. The normalized spacial score (nSPS) is 21.6. The number of amides is 1. The standard InChI is InChI=1S/C17H24BrN3O2/c1-23-16-4-8-20(9-5-16)15-2-6-21(7-3-15)17(22)13-10-14(18)12-19-11-13/h10-12,15-16H,2-9H2,1H3. The average Bonchev–Trinajstić information content (AvgIpc) is 2.61. The highest BCUT2D eigenvalue weighted by Crippen LogP contribution is 2.23. The van der Waals surface area contributed by atoms with Gasteiger partial charge in [0.2, 0.25) is 0 Å². The molecule has 1 aromatic rings. The van der Waals surface area contributed by atoms with E-state index >= 15 is 0 Å². The number of hydrogen-bond acceptors (Lipinski definition) is 4. The zero-order valence-corrected chi connectivity index (χ0v) is 15.2. The summed E-state index contributed by atoms with van der Waals surface area (Å²) in [7, 11) is 1.81. The molecule has 3 rings (SSSR count). The second-order valence-electron chi connectivity index (χ2n) is 6.39. The molecule has 2 fully saturated rings. The van der Waals surface area contributed by atoms with Gasteiger partial charge in [-0.1, -0.05) is 0 Å². The number of pyridine rings is 1. The molecule has 0 aromatic carbocycles. The van der Waals surface area contributed by atoms with E-state index in [4.69, 9.17) is 4.74 Å². The van der Waals surface area contributed by atoms with Crippen molar-refractivity contribution >= 4 is 21.8 Å². The molecular weight excluding hydrogens is 358 g/mol. The van der Waals surface area contributed by atoms with Crippen LogP contribution in [0.25, 0.3) is 0 Å². The molecule has 0 N–H and O–H groups in total. The van der Waals surface area contributed by atoms with Gasteiger partial charge in [0.15, 0.2) is 0 Å². The van der Waals surface area contributed by atoms with Crippen LogP contribution in [0.5, 0.6) is 0 Å². The lowest BCUT2D eigenvalue weighted by Gasteiger charge is -2.41. The number of halogens is 1. The molecule has 1 amide bonds. The van der Waals surface area contributed by atoms with Gasteiger partial charge < -0.3 is 14.5 Å². The van der Waals surface area contributed by atoms with Crippen molar-refractivity contribution in [2.45, 2.75) is 37.8 Å². The summed E-state index contributed by atoms with van der Waals surface area (Å²) in [5.74, 6) is 0.0929. The lowest BCUT2D eigenvalue weighted by atomic mass is 9.98. The number of nitrogens with zero attached hydrogens (tertiary/aromatic N) is 3. The maximum absolute atomic E-state index is 12.6. The van der Waals surface area contributed by atoms with Crippen molar-refractivity contribution in [2.75, 3.05) is 33.3 Å². The first kappa shape index (κ1) is 16.9. The zero-order valence-electron chi connectivity index (χ0n) is 13.6. The molecule has 0 aliphatic carbocycles. The Balaban J connectivity index is 1.51. The molecule has 2 saturated heterocycles. The van der Waals surface area contributed by atoms with Crippen LogP contribution < -0.4 is 0 Å². The summed E-state index contributed by atoms with van der Waals surface area (Å²) in [6, 6.07) is 2.45. The summed E-state index contributed by atoms with van der Waals surface area (Å²) < 4.78 is 6.29. The summed E-state index contributed by atoms with van der Waals surface area (Å²) in [5, 5.41) is 0. The van der Waals surface area contributed by atoms with E-state index in [0.29, 0.717) is 17.7 Å². The summed E-state index contributed by atoms with van der Waals surface area (Å²) in [4.78, 5) is 21.2. The number of ether oxygens (including phenoxy) is 1. The smallest absolute Gasteiger partial charge is 0.255 e. The number of hydrogen-bond donors (Lipinski definition) is 0. The van der Waals surface area contributed by atoms with Gasteiger partial charge in [0.05, 0.1) is 11.7 Å². The molecule has 23 heavy (non-hydrogen) atoms. The predicted molar refractivity (Wildman–Crippen MR) is 92.5 cm³/mol. The third-order valence-corrected chi connectivity index (χ3v) is 5.46. The van der Waals surface area contributed by atoms with Crippen molar-refractivity contribution in [3.8, 4) is 0 Å². The summed E-state index contributed by atoms with van der Waals surface area (Å²) in [6.45, 7) is 3.90. The molecule has 2 aliphatic rings. The van der Waals surface area contributed by atoms with Gasteiger partial charge in [-0.05, 0) is 47.7 Å². The molecular formula is C17H24BrN3O2. The second-order valence-corrected chi connectivity index (χ2v) is 7.30. The quantitative estimate of drug-likeness (QED) is 0.806. The van der Waals surface area contributed by atoms with Crippen LogP contribution >= 0.6 is 15.9 Å². The van der Waals surface area contributed by atoms with Gasteiger partial charge in [-0.3, -0.25) is 9.78 Å². The van der Waals surface area contributed by atoms with Gasteiger partial charge in [0.1, 0.15) is 0 Å². The van der Waals surface area contributed by atoms with E-state index in [9.17, 15) is 4.79 Å². The fourth-order valence-electron chi connectivity index (χ4n) is 3.62. The van der Waals surface area contributed by atoms with Crippen molar-refractivity contribution in [3.05, 3.63) is 28.5 Å². The third kappa shape index (κ3) is 4.11. The van der Waals surface area contributed by atoms with Crippen LogP contribution in [0.4, 0.5) is 0 Å². The molecule has 1 aromatic heterocycles. The predicted octanol–water partition coefficient (Wildman–Crippen LogP) is 2.56. The van der Waals surface area contributed by atoms with Crippen LogP contribution in [0.15, 0.2) is 22.9 Å². The Labute approximate surface area is 146 Å². The van der Waals surface area contributed by atoms with Crippen LogP contribution in [0, 0.1) is 0 Å². The van der Waals surface area contributed by atoms with E-state index in [0.717, 1.165) is 56.3 Å². The lowest BCUT2D eigenvalue weighted by molar-refractivity contribution is 0.0145. The summed E-state index contributed by atoms with van der Waals surface area (Å²) in [6.07, 6.45) is 8.15. The SMILES string of the molecule is COC1CCN(C2CCN(C(=O)c3cncc(Br)c3)CC2)CC1. The first-order chi connectivity index (χ1) is 11.2. The molecule has 5 nitrogen and oxygen atoms in total. The van der Waals surface area contributed by atoms with Crippen LogP contribution in [-0.2, 0) is 4.74 Å². The zero-order chi connectivity index (χ0) is 16.2. The molecule has 0 bridgehead atoms. The number of piperidine rings is 2. The lowest BCUT2D eigenvalue weighted by Crippen LogP contribution is -2.49. The molecule has 6 heteroatoms. The van der Waals surface area contributed by atoms with E-state index in [1.807, 2.05) is 11.0 Å². The fourth-order valence-corrected chi connectivity index (χ4v) is 3.99. The van der Waals surface area contributed by atoms with Crippen LogP contribution in [0.3, 0.4) is 0 Å². The minimum absolute atomic E-state index is 0.0929. The molecule has 3 heterocycles.